The Bertz CT molecular complexity index is 776. The fourth-order valence-electron chi connectivity index (χ4n) is 2.82. The molecular formula is C21H28ClN3O2. The van der Waals surface area contributed by atoms with E-state index < -0.39 is 0 Å². The molecule has 1 amide bonds. The van der Waals surface area contributed by atoms with Gasteiger partial charge in [-0.1, -0.05) is 43.6 Å². The Balaban J connectivity index is 2.03. The van der Waals surface area contributed by atoms with Crippen molar-refractivity contribution in [2.45, 2.75) is 27.3 Å². The van der Waals surface area contributed by atoms with Gasteiger partial charge in [0.1, 0.15) is 5.75 Å². The number of anilines is 2. The van der Waals surface area contributed by atoms with Gasteiger partial charge in [-0.3, -0.25) is 9.69 Å². The first-order valence-corrected chi connectivity index (χ1v) is 9.54. The van der Waals surface area contributed by atoms with Crippen LogP contribution in [0.5, 0.6) is 5.75 Å². The molecule has 0 unspecified atom stereocenters. The number of aryl methyl sites for hydroxylation is 1. The van der Waals surface area contributed by atoms with Crippen LogP contribution in [0.15, 0.2) is 36.4 Å². The van der Waals surface area contributed by atoms with Crippen LogP contribution in [0, 0.1) is 6.92 Å². The van der Waals surface area contributed by atoms with E-state index in [1.807, 2.05) is 31.2 Å². The Hall–Kier alpha value is -2.24. The van der Waals surface area contributed by atoms with Gasteiger partial charge in [-0.2, -0.15) is 0 Å². The average Bonchev–Trinajstić information content (AvgIpc) is 2.67. The lowest BCUT2D eigenvalue weighted by atomic mass is 10.1. The summed E-state index contributed by atoms with van der Waals surface area (Å²) >= 11 is 6.12. The zero-order chi connectivity index (χ0) is 19.8. The molecule has 2 N–H and O–H groups in total. The monoisotopic (exact) mass is 389 g/mol. The maximum Gasteiger partial charge on any atom is 0.243 e. The highest BCUT2D eigenvalue weighted by Crippen LogP contribution is 2.30. The average molecular weight is 390 g/mol. The molecule has 6 heteroatoms. The highest BCUT2D eigenvalue weighted by Gasteiger charge is 2.11. The molecule has 2 aromatic rings. The van der Waals surface area contributed by atoms with Crippen molar-refractivity contribution < 1.29 is 9.53 Å². The summed E-state index contributed by atoms with van der Waals surface area (Å²) in [5.41, 5.74) is 3.64. The van der Waals surface area contributed by atoms with Crippen LogP contribution in [0.3, 0.4) is 0 Å². The van der Waals surface area contributed by atoms with Crippen molar-refractivity contribution in [2.24, 2.45) is 0 Å². The van der Waals surface area contributed by atoms with E-state index in [9.17, 15) is 4.79 Å². The number of benzene rings is 2. The number of methoxy groups -OCH3 is 1. The third kappa shape index (κ3) is 5.88. The van der Waals surface area contributed by atoms with Crippen molar-refractivity contribution in [3.63, 3.8) is 0 Å². The number of carbonyl (C=O) groups excluding carboxylic acids is 1. The minimum absolute atomic E-state index is 0.146. The van der Waals surface area contributed by atoms with Gasteiger partial charge in [0, 0.05) is 23.3 Å². The maximum atomic E-state index is 12.4. The van der Waals surface area contributed by atoms with Crippen LogP contribution in [0.2, 0.25) is 5.02 Å². The van der Waals surface area contributed by atoms with Crippen molar-refractivity contribution >= 4 is 28.9 Å². The highest BCUT2D eigenvalue weighted by atomic mass is 35.5. The zero-order valence-electron chi connectivity index (χ0n) is 16.4. The molecule has 0 atom stereocenters. The lowest BCUT2D eigenvalue weighted by Crippen LogP contribution is -2.25. The van der Waals surface area contributed by atoms with Crippen molar-refractivity contribution in [3.8, 4) is 5.75 Å². The number of para-hydroxylation sites is 1. The van der Waals surface area contributed by atoms with Crippen LogP contribution in [0.4, 0.5) is 11.4 Å². The Labute approximate surface area is 166 Å². The number of nitrogens with zero attached hydrogens (tertiary/aromatic N) is 1. The quantitative estimate of drug-likeness (QED) is 0.660. The minimum atomic E-state index is -0.146. The predicted octanol–water partition coefficient (Wildman–Crippen LogP) is 4.55. The summed E-state index contributed by atoms with van der Waals surface area (Å²) in [6.07, 6.45) is 0. The normalized spacial score (nSPS) is 10.7. The molecule has 0 aliphatic heterocycles. The molecule has 0 heterocycles. The van der Waals surface area contributed by atoms with E-state index in [0.29, 0.717) is 16.5 Å². The molecule has 146 valence electrons. The summed E-state index contributed by atoms with van der Waals surface area (Å²) in [6.45, 7) is 9.17. The van der Waals surface area contributed by atoms with E-state index in [0.717, 1.165) is 30.9 Å². The van der Waals surface area contributed by atoms with Gasteiger partial charge in [0.2, 0.25) is 5.91 Å². The van der Waals surface area contributed by atoms with E-state index >= 15 is 0 Å². The topological polar surface area (TPSA) is 53.6 Å². The molecule has 5 nitrogen and oxygen atoms in total. The fourth-order valence-corrected chi connectivity index (χ4v) is 2.97. The van der Waals surface area contributed by atoms with E-state index in [1.54, 1.807) is 13.2 Å². The minimum Gasteiger partial charge on any atom is -0.495 e. The molecule has 2 aromatic carbocycles. The molecule has 2 rings (SSSR count). The highest BCUT2D eigenvalue weighted by molar-refractivity contribution is 6.31. The third-order valence-electron chi connectivity index (χ3n) is 4.50. The molecule has 27 heavy (non-hydrogen) atoms. The molecule has 0 saturated heterocycles. The van der Waals surface area contributed by atoms with Crippen molar-refractivity contribution in [3.05, 3.63) is 52.5 Å². The number of ether oxygens (including phenoxy) is 1. The van der Waals surface area contributed by atoms with E-state index in [-0.39, 0.29) is 12.5 Å². The second-order valence-corrected chi connectivity index (χ2v) is 6.73. The molecular weight excluding hydrogens is 362 g/mol. The van der Waals surface area contributed by atoms with E-state index in [1.165, 1.54) is 5.56 Å². The lowest BCUT2D eigenvalue weighted by molar-refractivity contribution is -0.114. The van der Waals surface area contributed by atoms with Crippen LogP contribution in [0.25, 0.3) is 0 Å². The Morgan fingerprint density at radius 3 is 2.52 bits per heavy atom. The van der Waals surface area contributed by atoms with Crippen LogP contribution >= 0.6 is 11.6 Å². The molecule has 0 aliphatic carbocycles. The Morgan fingerprint density at radius 1 is 1.15 bits per heavy atom. The maximum absolute atomic E-state index is 12.4. The first-order chi connectivity index (χ1) is 13.0. The summed E-state index contributed by atoms with van der Waals surface area (Å²) in [6, 6.07) is 11.6. The van der Waals surface area contributed by atoms with Crippen LogP contribution in [0.1, 0.15) is 25.0 Å². The van der Waals surface area contributed by atoms with Crippen molar-refractivity contribution in [1.29, 1.82) is 0 Å². The molecule has 0 bridgehead atoms. The largest absolute Gasteiger partial charge is 0.495 e. The predicted molar refractivity (Wildman–Crippen MR) is 113 cm³/mol. The first kappa shape index (κ1) is 21.1. The number of halogens is 1. The molecule has 0 aliphatic rings. The number of carbonyl (C=O) groups is 1. The first-order valence-electron chi connectivity index (χ1n) is 9.16. The lowest BCUT2D eigenvalue weighted by Gasteiger charge is -2.20. The SMILES string of the molecule is CCN(CC)Cc1ccccc1NCC(=O)Nc1cc(C)c(Cl)cc1OC. The second-order valence-electron chi connectivity index (χ2n) is 6.32. The van der Waals surface area contributed by atoms with Crippen LogP contribution < -0.4 is 15.4 Å². The van der Waals surface area contributed by atoms with Gasteiger partial charge in [-0.15, -0.1) is 0 Å². The van der Waals surface area contributed by atoms with Gasteiger partial charge in [0.15, 0.2) is 0 Å². The van der Waals surface area contributed by atoms with Gasteiger partial charge >= 0.3 is 0 Å². The van der Waals surface area contributed by atoms with Gasteiger partial charge in [0.25, 0.3) is 0 Å². The number of amides is 1. The number of nitrogens with one attached hydrogen (secondary N) is 2. The summed E-state index contributed by atoms with van der Waals surface area (Å²) in [5.74, 6) is 0.397. The molecule has 0 fully saturated rings. The van der Waals surface area contributed by atoms with E-state index in [4.69, 9.17) is 16.3 Å². The molecule has 0 saturated carbocycles. The van der Waals surface area contributed by atoms with Gasteiger partial charge < -0.3 is 15.4 Å². The number of rotatable bonds is 9. The summed E-state index contributed by atoms with van der Waals surface area (Å²) < 4.78 is 5.31. The summed E-state index contributed by atoms with van der Waals surface area (Å²) in [5, 5.41) is 6.74. The standard InChI is InChI=1S/C21H28ClN3O2/c1-5-25(6-2)14-16-9-7-8-10-18(16)23-13-21(26)24-19-11-15(3)17(22)12-20(19)27-4/h7-12,23H,5-6,13-14H2,1-4H3,(H,24,26). The Morgan fingerprint density at radius 2 is 1.85 bits per heavy atom. The summed E-state index contributed by atoms with van der Waals surface area (Å²) in [4.78, 5) is 14.8. The van der Waals surface area contributed by atoms with Crippen LogP contribution in [-0.2, 0) is 11.3 Å². The molecule has 0 aromatic heterocycles. The van der Waals surface area contributed by atoms with Crippen molar-refractivity contribution in [1.82, 2.24) is 4.90 Å². The van der Waals surface area contributed by atoms with Crippen molar-refractivity contribution in [2.75, 3.05) is 37.4 Å². The second kappa shape index (κ2) is 10.2. The number of hydrogen-bond donors (Lipinski definition) is 2. The molecule has 0 spiro atoms. The van der Waals surface area contributed by atoms with E-state index in [2.05, 4.69) is 35.4 Å². The smallest absolute Gasteiger partial charge is 0.243 e. The number of hydrogen-bond acceptors (Lipinski definition) is 4. The van der Waals surface area contributed by atoms with Crippen LogP contribution in [-0.4, -0.2) is 37.6 Å². The van der Waals surface area contributed by atoms with Gasteiger partial charge in [-0.05, 0) is 43.3 Å². The Kier molecular flexibility index (Phi) is 7.95. The zero-order valence-corrected chi connectivity index (χ0v) is 17.2. The third-order valence-corrected chi connectivity index (χ3v) is 4.91. The summed E-state index contributed by atoms with van der Waals surface area (Å²) in [7, 11) is 1.55. The van der Waals surface area contributed by atoms with Gasteiger partial charge in [-0.25, -0.2) is 0 Å². The molecule has 0 radical (unpaired) electrons. The fraction of sp³-hybridized carbons (Fsp3) is 0.381. The van der Waals surface area contributed by atoms with Gasteiger partial charge in [0.05, 0.1) is 19.3 Å².